The van der Waals surface area contributed by atoms with Gasteiger partial charge in [-0.15, -0.1) is 0 Å². The maximum absolute atomic E-state index is 14.0. The van der Waals surface area contributed by atoms with Crippen LogP contribution >= 0.6 is 0 Å². The number of unbranched alkanes of at least 4 members (excludes halogenated alkanes) is 5. The second-order valence-electron chi connectivity index (χ2n) is 16.2. The van der Waals surface area contributed by atoms with Crippen LogP contribution in [0.3, 0.4) is 0 Å². The van der Waals surface area contributed by atoms with Crippen LogP contribution in [0.4, 0.5) is 0 Å². The second kappa shape index (κ2) is 22.6. The minimum Gasteiger partial charge on any atom is -0.494 e. The van der Waals surface area contributed by atoms with Crippen molar-refractivity contribution in [2.75, 3.05) is 26.3 Å². The van der Waals surface area contributed by atoms with Gasteiger partial charge in [-0.3, -0.25) is 19.4 Å². The number of carbonyl (C=O) groups is 2. The summed E-state index contributed by atoms with van der Waals surface area (Å²) in [5.74, 6) is 4.16. The Bertz CT molecular complexity index is 2050. The second-order valence-corrected chi connectivity index (χ2v) is 16.2. The number of aliphatic imine (C=N–C) groups is 2. The minimum atomic E-state index is -0.127. The van der Waals surface area contributed by atoms with Crippen molar-refractivity contribution < 1.29 is 28.5 Å². The summed E-state index contributed by atoms with van der Waals surface area (Å²) in [7, 11) is 0. The zero-order valence-corrected chi connectivity index (χ0v) is 37.3. The van der Waals surface area contributed by atoms with E-state index in [9.17, 15) is 9.59 Å². The molecule has 0 saturated heterocycles. The first-order valence-corrected chi connectivity index (χ1v) is 22.4. The molecule has 0 fully saturated rings. The normalized spacial score (nSPS) is 15.3. The van der Waals surface area contributed by atoms with Gasteiger partial charge in [-0.25, -0.2) is 9.98 Å². The Morgan fingerprint density at radius 3 is 1.18 bits per heavy atom. The molecule has 0 N–H and O–H groups in total. The Hall–Kier alpha value is -6.16. The van der Waals surface area contributed by atoms with E-state index in [4.69, 9.17) is 28.9 Å². The molecule has 0 unspecified atom stereocenters. The average molecular weight is 839 g/mol. The maximum Gasteiger partial charge on any atom is 0.278 e. The van der Waals surface area contributed by atoms with Crippen molar-refractivity contribution in [3.8, 4) is 23.0 Å². The summed E-state index contributed by atoms with van der Waals surface area (Å²) >= 11 is 0. The molecule has 0 radical (unpaired) electrons. The topological polar surface area (TPSA) is 102 Å². The predicted molar refractivity (Wildman–Crippen MR) is 249 cm³/mol. The average Bonchev–Trinajstić information content (AvgIpc) is 3.74. The van der Waals surface area contributed by atoms with Gasteiger partial charge in [0.2, 0.25) is 0 Å². The molecule has 0 aromatic heterocycles. The van der Waals surface area contributed by atoms with Gasteiger partial charge < -0.3 is 18.9 Å². The van der Waals surface area contributed by atoms with E-state index in [1.165, 1.54) is 0 Å². The van der Waals surface area contributed by atoms with Crippen LogP contribution in [0, 0.1) is 0 Å². The molecule has 326 valence electrons. The summed E-state index contributed by atoms with van der Waals surface area (Å²) < 4.78 is 23.4. The Morgan fingerprint density at radius 2 is 0.839 bits per heavy atom. The van der Waals surface area contributed by atoms with Gasteiger partial charge in [0.15, 0.2) is 0 Å². The number of carbonyl (C=O) groups excluding carboxylic acids is 2. The van der Waals surface area contributed by atoms with Crippen LogP contribution in [0.5, 0.6) is 23.0 Å². The molecule has 2 heterocycles. The maximum atomic E-state index is 14.0. The van der Waals surface area contributed by atoms with Crippen LogP contribution in [-0.4, -0.2) is 71.8 Å². The molecule has 10 nitrogen and oxygen atoms in total. The summed E-state index contributed by atoms with van der Waals surface area (Å²) in [6.07, 6.45) is 11.2. The van der Waals surface area contributed by atoms with Crippen LogP contribution < -0.4 is 18.9 Å². The Morgan fingerprint density at radius 1 is 0.484 bits per heavy atom. The zero-order valence-electron chi connectivity index (χ0n) is 37.3. The highest BCUT2D eigenvalue weighted by Gasteiger charge is 2.32. The van der Waals surface area contributed by atoms with Crippen LogP contribution in [0.1, 0.15) is 115 Å². The molecule has 2 amide bonds. The first-order valence-electron chi connectivity index (χ1n) is 22.4. The fourth-order valence-corrected chi connectivity index (χ4v) is 7.07. The van der Waals surface area contributed by atoms with Crippen molar-refractivity contribution in [3.63, 3.8) is 0 Å². The number of rotatable bonds is 23. The smallest absolute Gasteiger partial charge is 0.278 e. The van der Waals surface area contributed by atoms with Crippen molar-refractivity contribution in [1.29, 1.82) is 0 Å². The molecule has 6 rings (SSSR count). The van der Waals surface area contributed by atoms with Gasteiger partial charge in [-0.1, -0.05) is 63.8 Å². The highest BCUT2D eigenvalue weighted by Crippen LogP contribution is 2.28. The lowest BCUT2D eigenvalue weighted by Gasteiger charge is -2.20. The van der Waals surface area contributed by atoms with Gasteiger partial charge in [0.1, 0.15) is 46.1 Å². The van der Waals surface area contributed by atoms with E-state index < -0.39 is 0 Å². The molecule has 4 aromatic rings. The third kappa shape index (κ3) is 12.7. The number of hydrogen-bond acceptors (Lipinski definition) is 8. The highest BCUT2D eigenvalue weighted by atomic mass is 16.5. The van der Waals surface area contributed by atoms with Gasteiger partial charge >= 0.3 is 0 Å². The third-order valence-corrected chi connectivity index (χ3v) is 10.3. The molecule has 2 aliphatic rings. The molecule has 0 atom stereocenters. The highest BCUT2D eigenvalue weighted by molar-refractivity contribution is 6.20. The molecular weight excluding hydrogens is 777 g/mol. The third-order valence-electron chi connectivity index (χ3n) is 10.3. The van der Waals surface area contributed by atoms with Crippen LogP contribution in [-0.2, 0) is 9.59 Å². The fraction of sp³-hybridized carbons (Fsp3) is 0.385. The van der Waals surface area contributed by atoms with E-state index in [0.717, 1.165) is 96.6 Å². The first-order chi connectivity index (χ1) is 30.1. The molecule has 2 aliphatic heterocycles. The monoisotopic (exact) mass is 838 g/mol. The number of nitrogens with zero attached hydrogens (tertiary/aromatic N) is 4. The van der Waals surface area contributed by atoms with E-state index >= 15 is 0 Å². The van der Waals surface area contributed by atoms with E-state index in [0.29, 0.717) is 49.4 Å². The number of benzene rings is 4. The van der Waals surface area contributed by atoms with Crippen molar-refractivity contribution in [2.24, 2.45) is 9.98 Å². The Kier molecular flexibility index (Phi) is 16.5. The summed E-state index contributed by atoms with van der Waals surface area (Å²) in [5, 5.41) is 0. The van der Waals surface area contributed by atoms with Crippen molar-refractivity contribution in [3.05, 3.63) is 131 Å². The molecule has 0 saturated carbocycles. The van der Waals surface area contributed by atoms with Crippen molar-refractivity contribution >= 4 is 35.6 Å². The van der Waals surface area contributed by atoms with Gasteiger partial charge in [0.25, 0.3) is 11.8 Å². The summed E-state index contributed by atoms with van der Waals surface area (Å²) in [4.78, 5) is 41.3. The molecule has 0 spiro atoms. The fourth-order valence-electron chi connectivity index (χ4n) is 7.07. The quantitative estimate of drug-likeness (QED) is 0.0544. The standard InChI is InChI=1S/C52H62N4O6/c1-7-9-33-59-43-27-19-41(20-28-43)49-53-47(35-39-15-23-45(24-16-39)61-37(3)4)51(57)55(49)31-13-11-12-14-32-56-50(42-21-29-44(30-22-42)60-34-10-8-2)54-48(52(56)58)36-40-17-25-46(26-18-40)62-38(5)6/h15-30,35-38H,7-14,31-34H2,1-6H3. The zero-order chi connectivity index (χ0) is 43.8. The lowest BCUT2D eigenvalue weighted by atomic mass is 10.1. The van der Waals surface area contributed by atoms with E-state index in [1.807, 2.05) is 137 Å². The van der Waals surface area contributed by atoms with Gasteiger partial charge in [-0.05, 0) is 149 Å². The summed E-state index contributed by atoms with van der Waals surface area (Å²) in [6.45, 7) is 14.6. The number of ether oxygens (including phenoxy) is 4. The summed E-state index contributed by atoms with van der Waals surface area (Å²) in [5.41, 5.74) is 4.24. The molecule has 62 heavy (non-hydrogen) atoms. The van der Waals surface area contributed by atoms with E-state index in [1.54, 1.807) is 9.80 Å². The largest absolute Gasteiger partial charge is 0.494 e. The molecule has 0 aliphatic carbocycles. The predicted octanol–water partition coefficient (Wildman–Crippen LogP) is 11.1. The molecular formula is C52H62N4O6. The summed E-state index contributed by atoms with van der Waals surface area (Å²) in [6, 6.07) is 31.1. The van der Waals surface area contributed by atoms with Gasteiger partial charge in [-0.2, -0.15) is 0 Å². The van der Waals surface area contributed by atoms with Gasteiger partial charge in [0.05, 0.1) is 25.4 Å². The number of amides is 2. The number of amidine groups is 2. The van der Waals surface area contributed by atoms with Crippen LogP contribution in [0.2, 0.25) is 0 Å². The van der Waals surface area contributed by atoms with Crippen molar-refractivity contribution in [2.45, 2.75) is 105 Å². The van der Waals surface area contributed by atoms with Gasteiger partial charge in [0, 0.05) is 24.2 Å². The van der Waals surface area contributed by atoms with Crippen LogP contribution in [0.25, 0.3) is 12.2 Å². The van der Waals surface area contributed by atoms with Crippen molar-refractivity contribution in [1.82, 2.24) is 9.80 Å². The molecule has 0 bridgehead atoms. The number of hydrogen-bond donors (Lipinski definition) is 0. The Balaban J connectivity index is 1.12. The minimum absolute atomic E-state index is 0.0717. The lowest BCUT2D eigenvalue weighted by molar-refractivity contribution is -0.123. The van der Waals surface area contributed by atoms with Crippen LogP contribution in [0.15, 0.2) is 118 Å². The Labute approximate surface area is 368 Å². The molecule has 10 heteroatoms. The van der Waals surface area contributed by atoms with E-state index in [2.05, 4.69) is 13.8 Å². The van der Waals surface area contributed by atoms with E-state index in [-0.39, 0.29) is 24.0 Å². The molecule has 4 aromatic carbocycles. The first kappa shape index (κ1) is 45.4. The SMILES string of the molecule is CCCCOc1ccc(C2=NC(=Cc3ccc(OC(C)C)cc3)C(=O)N2CCCCCCN2C(=O)C(=Cc3ccc(OC(C)C)cc3)N=C2c2ccc(OCCCC)cc2)cc1. The lowest BCUT2D eigenvalue weighted by Crippen LogP contribution is -2.34.